The summed E-state index contributed by atoms with van der Waals surface area (Å²) in [5, 5.41) is 5.39. The minimum atomic E-state index is -0.182. The molecular formula is C16H17N3O2. The molecule has 0 spiro atoms. The van der Waals surface area contributed by atoms with Crippen molar-refractivity contribution in [2.45, 2.75) is 13.3 Å². The Morgan fingerprint density at radius 3 is 2.71 bits per heavy atom. The van der Waals surface area contributed by atoms with Crippen molar-refractivity contribution >= 4 is 17.6 Å². The van der Waals surface area contributed by atoms with Crippen molar-refractivity contribution in [3.63, 3.8) is 0 Å². The van der Waals surface area contributed by atoms with Gasteiger partial charge in [0.05, 0.1) is 0 Å². The van der Waals surface area contributed by atoms with Crippen LogP contribution < -0.4 is 10.6 Å². The standard InChI is InChI=1S/C16H17N3O2/c1-12-5-4-6-13(11-12)16(21)18-10-8-15(20)19-14-7-2-3-9-17-14/h2-7,9,11H,8,10H2,1H3,(H,18,21)(H,17,19,20). The molecule has 2 rings (SSSR count). The van der Waals surface area contributed by atoms with Crippen molar-refractivity contribution in [3.8, 4) is 0 Å². The minimum Gasteiger partial charge on any atom is -0.352 e. The third kappa shape index (κ3) is 4.72. The molecule has 0 atom stereocenters. The molecule has 5 heteroatoms. The number of pyridine rings is 1. The molecule has 0 fully saturated rings. The smallest absolute Gasteiger partial charge is 0.251 e. The van der Waals surface area contributed by atoms with Gasteiger partial charge in [0.15, 0.2) is 0 Å². The van der Waals surface area contributed by atoms with Gasteiger partial charge in [-0.1, -0.05) is 23.8 Å². The second kappa shape index (κ2) is 7.19. The van der Waals surface area contributed by atoms with E-state index in [0.717, 1.165) is 5.56 Å². The summed E-state index contributed by atoms with van der Waals surface area (Å²) in [6.07, 6.45) is 1.81. The molecule has 1 aromatic carbocycles. The molecular weight excluding hydrogens is 266 g/mol. The molecule has 0 radical (unpaired) electrons. The van der Waals surface area contributed by atoms with Gasteiger partial charge >= 0.3 is 0 Å². The van der Waals surface area contributed by atoms with Crippen LogP contribution in [0.25, 0.3) is 0 Å². The number of hydrogen-bond donors (Lipinski definition) is 2. The topological polar surface area (TPSA) is 71.1 Å². The van der Waals surface area contributed by atoms with Gasteiger partial charge in [0.25, 0.3) is 5.91 Å². The van der Waals surface area contributed by atoms with E-state index in [4.69, 9.17) is 0 Å². The van der Waals surface area contributed by atoms with E-state index in [0.29, 0.717) is 11.4 Å². The third-order valence-electron chi connectivity index (χ3n) is 2.85. The molecule has 2 amide bonds. The highest BCUT2D eigenvalue weighted by atomic mass is 16.2. The summed E-state index contributed by atoms with van der Waals surface area (Å²) in [6, 6.07) is 12.6. The Hall–Kier alpha value is -2.69. The fourth-order valence-electron chi connectivity index (χ4n) is 1.82. The number of nitrogens with one attached hydrogen (secondary N) is 2. The van der Waals surface area contributed by atoms with Crippen molar-refractivity contribution in [3.05, 3.63) is 59.8 Å². The lowest BCUT2D eigenvalue weighted by Gasteiger charge is -2.06. The van der Waals surface area contributed by atoms with E-state index in [2.05, 4.69) is 15.6 Å². The van der Waals surface area contributed by atoms with E-state index in [1.165, 1.54) is 0 Å². The molecule has 108 valence electrons. The number of amides is 2. The van der Waals surface area contributed by atoms with E-state index >= 15 is 0 Å². The highest BCUT2D eigenvalue weighted by molar-refractivity contribution is 5.95. The molecule has 5 nitrogen and oxygen atoms in total. The van der Waals surface area contributed by atoms with Crippen LogP contribution in [0.15, 0.2) is 48.7 Å². The summed E-state index contributed by atoms with van der Waals surface area (Å²) in [5.41, 5.74) is 1.62. The fraction of sp³-hybridized carbons (Fsp3) is 0.188. The van der Waals surface area contributed by atoms with Gasteiger partial charge in [0.2, 0.25) is 5.91 Å². The molecule has 0 unspecified atom stereocenters. The molecule has 0 saturated carbocycles. The quantitative estimate of drug-likeness (QED) is 0.883. The van der Waals surface area contributed by atoms with E-state index < -0.39 is 0 Å². The number of nitrogens with zero attached hydrogens (tertiary/aromatic N) is 1. The lowest BCUT2D eigenvalue weighted by molar-refractivity contribution is -0.116. The largest absolute Gasteiger partial charge is 0.352 e. The Kier molecular flexibility index (Phi) is 5.04. The van der Waals surface area contributed by atoms with Crippen molar-refractivity contribution in [1.29, 1.82) is 0 Å². The van der Waals surface area contributed by atoms with Crippen LogP contribution >= 0.6 is 0 Å². The highest BCUT2D eigenvalue weighted by Crippen LogP contribution is 2.04. The molecule has 2 N–H and O–H groups in total. The van der Waals surface area contributed by atoms with Crippen LogP contribution in [0.1, 0.15) is 22.3 Å². The molecule has 21 heavy (non-hydrogen) atoms. The first kappa shape index (κ1) is 14.7. The van der Waals surface area contributed by atoms with Crippen LogP contribution in [-0.4, -0.2) is 23.3 Å². The first-order chi connectivity index (χ1) is 10.1. The van der Waals surface area contributed by atoms with Gasteiger partial charge in [-0.3, -0.25) is 9.59 Å². The van der Waals surface area contributed by atoms with Crippen LogP contribution in [-0.2, 0) is 4.79 Å². The normalized spacial score (nSPS) is 9.95. The van der Waals surface area contributed by atoms with E-state index in [-0.39, 0.29) is 24.8 Å². The number of carbonyl (C=O) groups is 2. The maximum Gasteiger partial charge on any atom is 0.251 e. The predicted octanol–water partition coefficient (Wildman–Crippen LogP) is 2.15. The van der Waals surface area contributed by atoms with Gasteiger partial charge in [-0.25, -0.2) is 4.98 Å². The van der Waals surface area contributed by atoms with Gasteiger partial charge in [-0.05, 0) is 31.2 Å². The fourth-order valence-corrected chi connectivity index (χ4v) is 1.82. The lowest BCUT2D eigenvalue weighted by Crippen LogP contribution is -2.27. The molecule has 2 aromatic rings. The predicted molar refractivity (Wildman–Crippen MR) is 81.0 cm³/mol. The number of anilines is 1. The maximum atomic E-state index is 11.9. The first-order valence-electron chi connectivity index (χ1n) is 6.71. The zero-order valence-electron chi connectivity index (χ0n) is 11.8. The monoisotopic (exact) mass is 283 g/mol. The van der Waals surface area contributed by atoms with Gasteiger partial charge in [-0.15, -0.1) is 0 Å². The molecule has 0 aliphatic heterocycles. The molecule has 1 aromatic heterocycles. The summed E-state index contributed by atoms with van der Waals surface area (Å²) < 4.78 is 0. The lowest BCUT2D eigenvalue weighted by atomic mass is 10.1. The Bertz CT molecular complexity index is 626. The van der Waals surface area contributed by atoms with Crippen molar-refractivity contribution in [2.75, 3.05) is 11.9 Å². The molecule has 1 heterocycles. The number of benzene rings is 1. The number of hydrogen-bond acceptors (Lipinski definition) is 3. The molecule has 0 aliphatic rings. The Balaban J connectivity index is 1.76. The van der Waals surface area contributed by atoms with Crippen LogP contribution in [0.2, 0.25) is 0 Å². The highest BCUT2D eigenvalue weighted by Gasteiger charge is 2.07. The number of rotatable bonds is 5. The average molecular weight is 283 g/mol. The number of aryl methyl sites for hydroxylation is 1. The van der Waals surface area contributed by atoms with Crippen LogP contribution in [0, 0.1) is 6.92 Å². The minimum absolute atomic E-state index is 0.177. The number of aromatic nitrogens is 1. The Labute approximate surface area is 123 Å². The Morgan fingerprint density at radius 1 is 1.14 bits per heavy atom. The van der Waals surface area contributed by atoms with Gasteiger partial charge in [0, 0.05) is 24.7 Å². The van der Waals surface area contributed by atoms with Crippen molar-refractivity contribution in [2.24, 2.45) is 0 Å². The summed E-state index contributed by atoms with van der Waals surface area (Å²) >= 11 is 0. The summed E-state index contributed by atoms with van der Waals surface area (Å²) in [7, 11) is 0. The van der Waals surface area contributed by atoms with E-state index in [1.807, 2.05) is 25.1 Å². The summed E-state index contributed by atoms with van der Waals surface area (Å²) in [5.74, 6) is 0.148. The summed E-state index contributed by atoms with van der Waals surface area (Å²) in [6.45, 7) is 2.21. The molecule has 0 aliphatic carbocycles. The third-order valence-corrected chi connectivity index (χ3v) is 2.85. The van der Waals surface area contributed by atoms with E-state index in [9.17, 15) is 9.59 Å². The second-order valence-electron chi connectivity index (χ2n) is 4.64. The second-order valence-corrected chi connectivity index (χ2v) is 4.64. The van der Waals surface area contributed by atoms with E-state index in [1.54, 1.807) is 30.5 Å². The number of carbonyl (C=O) groups excluding carboxylic acids is 2. The van der Waals surface area contributed by atoms with Gasteiger partial charge in [0.1, 0.15) is 5.82 Å². The van der Waals surface area contributed by atoms with Crippen molar-refractivity contribution < 1.29 is 9.59 Å². The Morgan fingerprint density at radius 2 is 2.00 bits per heavy atom. The SMILES string of the molecule is Cc1cccc(C(=O)NCCC(=O)Nc2ccccn2)c1. The first-order valence-corrected chi connectivity index (χ1v) is 6.71. The van der Waals surface area contributed by atoms with Crippen LogP contribution in [0.4, 0.5) is 5.82 Å². The average Bonchev–Trinajstić information content (AvgIpc) is 2.48. The van der Waals surface area contributed by atoms with Crippen LogP contribution in [0.3, 0.4) is 0 Å². The van der Waals surface area contributed by atoms with Crippen molar-refractivity contribution in [1.82, 2.24) is 10.3 Å². The van der Waals surface area contributed by atoms with Crippen LogP contribution in [0.5, 0.6) is 0 Å². The zero-order chi connectivity index (χ0) is 15.1. The zero-order valence-corrected chi connectivity index (χ0v) is 11.8. The van der Waals surface area contributed by atoms with Gasteiger partial charge < -0.3 is 10.6 Å². The van der Waals surface area contributed by atoms with Gasteiger partial charge in [-0.2, -0.15) is 0 Å². The summed E-state index contributed by atoms with van der Waals surface area (Å²) in [4.78, 5) is 27.6. The molecule has 0 bridgehead atoms. The molecule has 0 saturated heterocycles. The maximum absolute atomic E-state index is 11.9.